The van der Waals surface area contributed by atoms with E-state index < -0.39 is 0 Å². The Labute approximate surface area is 100.0 Å². The van der Waals surface area contributed by atoms with Crippen LogP contribution < -0.4 is 5.73 Å². The van der Waals surface area contributed by atoms with Crippen LogP contribution in [0, 0.1) is 0 Å². The lowest BCUT2D eigenvalue weighted by molar-refractivity contribution is 1.22. The fraction of sp³-hybridized carbons (Fsp3) is 0. The van der Waals surface area contributed by atoms with Crippen molar-refractivity contribution in [1.29, 1.82) is 0 Å². The molecule has 1 heterocycles. The summed E-state index contributed by atoms with van der Waals surface area (Å²) in [6, 6.07) is 17.4. The van der Waals surface area contributed by atoms with E-state index >= 15 is 0 Å². The van der Waals surface area contributed by atoms with Crippen molar-refractivity contribution in [2.24, 2.45) is 0 Å². The lowest BCUT2D eigenvalue weighted by atomic mass is 10.2. The number of nitrogens with zero attached hydrogens (tertiary/aromatic N) is 2. The number of fused-ring (bicyclic) bond motifs is 1. The molecule has 3 heteroatoms. The van der Waals surface area contributed by atoms with Crippen molar-refractivity contribution in [1.82, 2.24) is 9.97 Å². The zero-order valence-electron chi connectivity index (χ0n) is 9.32. The van der Waals surface area contributed by atoms with Gasteiger partial charge in [0.1, 0.15) is 6.33 Å². The summed E-state index contributed by atoms with van der Waals surface area (Å²) in [6.07, 6.45) is 3.37. The molecule has 0 amide bonds. The molecule has 0 aliphatic rings. The fourth-order valence-electron chi connectivity index (χ4n) is 1.38. The lowest BCUT2D eigenvalue weighted by Crippen LogP contribution is -1.79. The number of rotatable bonds is 0. The monoisotopic (exact) mass is 223 g/mol. The van der Waals surface area contributed by atoms with Crippen molar-refractivity contribution in [3.8, 4) is 0 Å². The molecule has 0 saturated heterocycles. The number of nitrogen functional groups attached to an aromatic ring is 1. The first-order chi connectivity index (χ1) is 8.36. The lowest BCUT2D eigenvalue weighted by Gasteiger charge is -1.90. The van der Waals surface area contributed by atoms with E-state index in [0.717, 1.165) is 16.6 Å². The summed E-state index contributed by atoms with van der Waals surface area (Å²) in [4.78, 5) is 7.97. The maximum Gasteiger partial charge on any atom is 0.116 e. The highest BCUT2D eigenvalue weighted by Crippen LogP contribution is 2.06. The summed E-state index contributed by atoms with van der Waals surface area (Å²) in [5, 5.41) is 1.09. The molecule has 2 aromatic carbocycles. The Morgan fingerprint density at radius 1 is 0.824 bits per heavy atom. The maximum atomic E-state index is 5.36. The summed E-state index contributed by atoms with van der Waals surface area (Å²) in [6.45, 7) is 0. The van der Waals surface area contributed by atoms with Gasteiger partial charge >= 0.3 is 0 Å². The van der Waals surface area contributed by atoms with Crippen molar-refractivity contribution in [3.63, 3.8) is 0 Å². The van der Waals surface area contributed by atoms with Crippen molar-refractivity contribution >= 4 is 16.6 Å². The molecule has 1 aromatic heterocycles. The van der Waals surface area contributed by atoms with Crippen LogP contribution in [0.2, 0.25) is 0 Å². The van der Waals surface area contributed by atoms with Gasteiger partial charge in [-0.1, -0.05) is 36.4 Å². The highest BCUT2D eigenvalue weighted by Gasteiger charge is 1.87. The van der Waals surface area contributed by atoms with Crippen LogP contribution in [0.25, 0.3) is 10.9 Å². The minimum atomic E-state index is 0.822. The molecular weight excluding hydrogens is 210 g/mol. The second kappa shape index (κ2) is 5.61. The van der Waals surface area contributed by atoms with Gasteiger partial charge in [-0.25, -0.2) is 9.97 Å². The highest BCUT2D eigenvalue weighted by atomic mass is 14.8. The summed E-state index contributed by atoms with van der Waals surface area (Å²) < 4.78 is 0. The smallest absolute Gasteiger partial charge is 0.116 e. The molecule has 0 bridgehead atoms. The Balaban J connectivity index is 0.000000136. The first kappa shape index (κ1) is 11.1. The van der Waals surface area contributed by atoms with Gasteiger partial charge in [-0.3, -0.25) is 0 Å². The minimum absolute atomic E-state index is 0.822. The van der Waals surface area contributed by atoms with Crippen LogP contribution in [-0.2, 0) is 0 Å². The third kappa shape index (κ3) is 3.28. The normalized spacial score (nSPS) is 9.41. The van der Waals surface area contributed by atoms with Gasteiger partial charge in [0, 0.05) is 17.3 Å². The van der Waals surface area contributed by atoms with Crippen LogP contribution >= 0.6 is 0 Å². The topological polar surface area (TPSA) is 51.8 Å². The molecule has 0 fully saturated rings. The third-order valence-corrected chi connectivity index (χ3v) is 2.21. The second-order valence-corrected chi connectivity index (χ2v) is 3.49. The Morgan fingerprint density at radius 3 is 2.18 bits per heavy atom. The van der Waals surface area contributed by atoms with E-state index in [1.165, 1.54) is 0 Å². The van der Waals surface area contributed by atoms with Gasteiger partial charge in [-0.2, -0.15) is 0 Å². The first-order valence-electron chi connectivity index (χ1n) is 5.31. The van der Waals surface area contributed by atoms with Crippen molar-refractivity contribution in [2.45, 2.75) is 0 Å². The molecule has 0 aliphatic heterocycles. The molecule has 3 rings (SSSR count). The molecule has 0 aliphatic carbocycles. The Bertz CT molecular complexity index is 513. The number of hydrogen-bond acceptors (Lipinski definition) is 3. The molecule has 0 radical (unpaired) electrons. The largest absolute Gasteiger partial charge is 0.399 e. The Hall–Kier alpha value is -2.42. The number of aromatic nitrogens is 2. The molecular formula is C14H13N3. The molecule has 17 heavy (non-hydrogen) atoms. The first-order valence-corrected chi connectivity index (χ1v) is 5.31. The molecule has 3 nitrogen and oxygen atoms in total. The van der Waals surface area contributed by atoms with Crippen LogP contribution in [0.5, 0.6) is 0 Å². The van der Waals surface area contributed by atoms with Crippen LogP contribution in [0.15, 0.2) is 67.1 Å². The number of para-hydroxylation sites is 2. The number of benzene rings is 2. The summed E-state index contributed by atoms with van der Waals surface area (Å²) >= 11 is 0. The van der Waals surface area contributed by atoms with E-state index in [9.17, 15) is 0 Å². The van der Waals surface area contributed by atoms with E-state index in [-0.39, 0.29) is 0 Å². The van der Waals surface area contributed by atoms with Crippen molar-refractivity contribution < 1.29 is 0 Å². The van der Waals surface area contributed by atoms with Gasteiger partial charge in [-0.05, 0) is 18.2 Å². The minimum Gasteiger partial charge on any atom is -0.399 e. The van der Waals surface area contributed by atoms with Crippen LogP contribution in [0.3, 0.4) is 0 Å². The van der Waals surface area contributed by atoms with E-state index in [1.807, 2.05) is 60.8 Å². The Morgan fingerprint density at radius 2 is 1.53 bits per heavy atom. The fourth-order valence-corrected chi connectivity index (χ4v) is 1.38. The average molecular weight is 223 g/mol. The van der Waals surface area contributed by atoms with E-state index in [4.69, 9.17) is 5.73 Å². The summed E-state index contributed by atoms with van der Waals surface area (Å²) in [5.41, 5.74) is 7.18. The maximum absolute atomic E-state index is 5.36. The standard InChI is InChI=1S/C8H6N2.C6H7N/c1-2-4-8-7(3-1)5-9-6-10-8;7-6-4-2-1-3-5-6/h1-6H;1-5H,7H2. The molecule has 0 atom stereocenters. The van der Waals surface area contributed by atoms with Crippen LogP contribution in [-0.4, -0.2) is 9.97 Å². The second-order valence-electron chi connectivity index (χ2n) is 3.49. The summed E-state index contributed by atoms with van der Waals surface area (Å²) in [7, 11) is 0. The van der Waals surface area contributed by atoms with Gasteiger partial charge in [-0.15, -0.1) is 0 Å². The van der Waals surface area contributed by atoms with Gasteiger partial charge in [0.2, 0.25) is 0 Å². The molecule has 0 spiro atoms. The van der Waals surface area contributed by atoms with E-state index in [1.54, 1.807) is 6.33 Å². The van der Waals surface area contributed by atoms with Gasteiger partial charge in [0.15, 0.2) is 0 Å². The van der Waals surface area contributed by atoms with Gasteiger partial charge in [0.05, 0.1) is 5.52 Å². The average Bonchev–Trinajstić information content (AvgIpc) is 2.41. The van der Waals surface area contributed by atoms with Crippen LogP contribution in [0.4, 0.5) is 5.69 Å². The Kier molecular flexibility index (Phi) is 3.65. The number of hydrogen-bond donors (Lipinski definition) is 1. The van der Waals surface area contributed by atoms with E-state index in [0.29, 0.717) is 0 Å². The molecule has 2 N–H and O–H groups in total. The number of nitrogens with two attached hydrogens (primary N) is 1. The zero-order valence-corrected chi connectivity index (χ0v) is 9.32. The SMILES string of the molecule is Nc1ccccc1.c1ccc2ncncc2c1. The van der Waals surface area contributed by atoms with Gasteiger partial charge in [0.25, 0.3) is 0 Å². The molecule has 84 valence electrons. The molecule has 0 unspecified atom stereocenters. The third-order valence-electron chi connectivity index (χ3n) is 2.21. The predicted octanol–water partition coefficient (Wildman–Crippen LogP) is 2.90. The predicted molar refractivity (Wildman–Crippen MR) is 70.4 cm³/mol. The number of anilines is 1. The highest BCUT2D eigenvalue weighted by molar-refractivity contribution is 5.76. The van der Waals surface area contributed by atoms with Crippen molar-refractivity contribution in [3.05, 3.63) is 67.1 Å². The van der Waals surface area contributed by atoms with Crippen LogP contribution in [0.1, 0.15) is 0 Å². The quantitative estimate of drug-likeness (QED) is 0.596. The zero-order chi connectivity index (χ0) is 11.9. The summed E-state index contributed by atoms with van der Waals surface area (Å²) in [5.74, 6) is 0. The molecule has 3 aromatic rings. The van der Waals surface area contributed by atoms with Gasteiger partial charge < -0.3 is 5.73 Å². The molecule has 0 saturated carbocycles. The van der Waals surface area contributed by atoms with E-state index in [2.05, 4.69) is 9.97 Å². The van der Waals surface area contributed by atoms with Crippen molar-refractivity contribution in [2.75, 3.05) is 5.73 Å².